The Kier molecular flexibility index (Phi) is 15.6. The number of carboxylic acid groups (broad SMARTS) is 1. The van der Waals surface area contributed by atoms with Gasteiger partial charge in [0.15, 0.2) is 5.96 Å². The monoisotopic (exact) mass is 685 g/mol. The van der Waals surface area contributed by atoms with Crippen LogP contribution in [0.2, 0.25) is 0 Å². The Labute approximate surface area is 283 Å². The number of nitrogens with one attached hydrogen (secondary N) is 4. The van der Waals surface area contributed by atoms with E-state index in [2.05, 4.69) is 16.0 Å². The molecule has 0 spiro atoms. The average Bonchev–Trinajstić information content (AvgIpc) is 3.06. The van der Waals surface area contributed by atoms with Gasteiger partial charge in [-0.2, -0.15) is 13.2 Å². The molecule has 0 saturated heterocycles. The van der Waals surface area contributed by atoms with Crippen molar-refractivity contribution in [3.63, 3.8) is 0 Å². The second kappa shape index (κ2) is 19.3. The number of carbonyl (C=O) groups excluding carboxylic acids is 3. The maximum Gasteiger partial charge on any atom is 0.490 e. The van der Waals surface area contributed by atoms with Crippen LogP contribution >= 0.6 is 0 Å². The Hall–Kier alpha value is -5.60. The van der Waals surface area contributed by atoms with Crippen molar-refractivity contribution in [1.29, 1.82) is 5.41 Å². The van der Waals surface area contributed by atoms with E-state index in [1.165, 1.54) is 4.90 Å². The third kappa shape index (κ3) is 14.0. The van der Waals surface area contributed by atoms with Crippen LogP contribution in [0.25, 0.3) is 0 Å². The second-order valence-electron chi connectivity index (χ2n) is 11.2. The van der Waals surface area contributed by atoms with Gasteiger partial charge >= 0.3 is 18.2 Å². The number of guanidine groups is 1. The molecule has 1 atom stereocenters. The molecule has 0 saturated carbocycles. The number of halogens is 3. The molecule has 0 aromatic heterocycles. The molecule has 3 aromatic rings. The zero-order chi connectivity index (χ0) is 36.6. The maximum absolute atomic E-state index is 13.7. The first-order valence-electron chi connectivity index (χ1n) is 15.2. The zero-order valence-corrected chi connectivity index (χ0v) is 27.5. The smallest absolute Gasteiger partial charge is 0.475 e. The molecule has 0 bridgehead atoms. The quantitative estimate of drug-likeness (QED) is 0.0903. The fraction of sp³-hybridized carbons (Fsp3) is 0.324. The van der Waals surface area contributed by atoms with Crippen LogP contribution < -0.4 is 21.7 Å². The number of aliphatic carboxylic acids is 1. The molecule has 0 aliphatic heterocycles. The minimum Gasteiger partial charge on any atom is -0.475 e. The van der Waals surface area contributed by atoms with E-state index in [9.17, 15) is 27.6 Å². The van der Waals surface area contributed by atoms with E-state index in [1.807, 2.05) is 84.9 Å². The van der Waals surface area contributed by atoms with Gasteiger partial charge in [0.05, 0.1) is 5.92 Å². The van der Waals surface area contributed by atoms with Crippen molar-refractivity contribution in [2.75, 3.05) is 27.7 Å². The highest BCUT2D eigenvalue weighted by Gasteiger charge is 2.38. The standard InChI is InChI=1S/C32H41N7O3.C2HF3O2/c1-38(2)32(42)39(3)22-24-18-16-23(17-19-24)21-36-29(40)27(15-10-20-35-31(33)34)37-30(41)28(25-11-6-4-7-12-25)26-13-8-5-9-14-26;3-2(4,5)1(6)7/h4-9,11-14,16-19,27-28H,10,15,20-22H2,1-3H3,(H,36,40)(H,37,41)(H4,33,34,35);(H,6,7)/t27-;/m1./s1. The lowest BCUT2D eigenvalue weighted by Gasteiger charge is -2.23. The van der Waals surface area contributed by atoms with Crippen molar-refractivity contribution in [3.8, 4) is 0 Å². The van der Waals surface area contributed by atoms with Gasteiger partial charge in [-0.15, -0.1) is 0 Å². The van der Waals surface area contributed by atoms with Crippen molar-refractivity contribution in [2.24, 2.45) is 5.73 Å². The zero-order valence-electron chi connectivity index (χ0n) is 27.5. The lowest BCUT2D eigenvalue weighted by molar-refractivity contribution is -0.192. The summed E-state index contributed by atoms with van der Waals surface area (Å²) in [6.07, 6.45) is -4.20. The summed E-state index contributed by atoms with van der Waals surface area (Å²) in [4.78, 5) is 51.2. The van der Waals surface area contributed by atoms with Crippen LogP contribution in [0.5, 0.6) is 0 Å². The van der Waals surface area contributed by atoms with Gasteiger partial charge in [-0.1, -0.05) is 84.9 Å². The van der Waals surface area contributed by atoms with Gasteiger partial charge in [0.25, 0.3) is 0 Å². The first-order valence-corrected chi connectivity index (χ1v) is 15.2. The highest BCUT2D eigenvalue weighted by molar-refractivity contribution is 5.92. The normalized spacial score (nSPS) is 11.3. The molecular formula is C34H42F3N7O5. The van der Waals surface area contributed by atoms with Gasteiger partial charge in [-0.05, 0) is 35.1 Å². The number of benzene rings is 3. The van der Waals surface area contributed by atoms with Crippen LogP contribution in [0.1, 0.15) is 41.0 Å². The van der Waals surface area contributed by atoms with Crippen molar-refractivity contribution in [3.05, 3.63) is 107 Å². The van der Waals surface area contributed by atoms with Crippen LogP contribution in [-0.4, -0.2) is 84.6 Å². The van der Waals surface area contributed by atoms with Crippen molar-refractivity contribution in [1.82, 2.24) is 25.8 Å². The van der Waals surface area contributed by atoms with Gasteiger partial charge in [-0.25, -0.2) is 9.59 Å². The first kappa shape index (κ1) is 39.6. The summed E-state index contributed by atoms with van der Waals surface area (Å²) < 4.78 is 31.7. The number of carbonyl (C=O) groups is 4. The Morgan fingerprint density at radius 3 is 1.76 bits per heavy atom. The Balaban J connectivity index is 0.00000107. The predicted molar refractivity (Wildman–Crippen MR) is 178 cm³/mol. The van der Waals surface area contributed by atoms with Gasteiger partial charge < -0.3 is 36.6 Å². The van der Waals surface area contributed by atoms with Gasteiger partial charge in [-0.3, -0.25) is 15.0 Å². The highest BCUT2D eigenvalue weighted by atomic mass is 19.4. The molecule has 4 amide bonds. The average molecular weight is 686 g/mol. The molecule has 0 aliphatic rings. The summed E-state index contributed by atoms with van der Waals surface area (Å²) in [5.74, 6) is -4.05. The Morgan fingerprint density at radius 1 is 0.816 bits per heavy atom. The van der Waals surface area contributed by atoms with Crippen molar-refractivity contribution < 1.29 is 37.5 Å². The largest absolute Gasteiger partial charge is 0.490 e. The van der Waals surface area contributed by atoms with Gasteiger partial charge in [0.2, 0.25) is 11.8 Å². The number of nitrogens with zero attached hydrogens (tertiary/aromatic N) is 2. The number of nitrogens with two attached hydrogens (primary N) is 1. The minimum absolute atomic E-state index is 0.0836. The predicted octanol–water partition coefficient (Wildman–Crippen LogP) is 3.63. The summed E-state index contributed by atoms with van der Waals surface area (Å²) in [6, 6.07) is 25.8. The van der Waals surface area contributed by atoms with Crippen molar-refractivity contribution >= 4 is 29.8 Å². The molecular weight excluding hydrogens is 643 g/mol. The third-order valence-electron chi connectivity index (χ3n) is 7.01. The topological polar surface area (TPSA) is 181 Å². The second-order valence-corrected chi connectivity index (χ2v) is 11.2. The molecule has 49 heavy (non-hydrogen) atoms. The number of hydrogen-bond donors (Lipinski definition) is 6. The number of urea groups is 1. The first-order chi connectivity index (χ1) is 23.1. The molecule has 7 N–H and O–H groups in total. The van der Waals surface area contributed by atoms with Gasteiger partial charge in [0, 0.05) is 40.8 Å². The van der Waals surface area contributed by atoms with E-state index in [1.54, 1.807) is 26.0 Å². The maximum atomic E-state index is 13.7. The number of alkyl halides is 3. The summed E-state index contributed by atoms with van der Waals surface area (Å²) in [7, 11) is 5.17. The number of carboxylic acids is 1. The van der Waals surface area contributed by atoms with Crippen LogP contribution in [0.4, 0.5) is 18.0 Å². The number of hydrogen-bond acceptors (Lipinski definition) is 5. The summed E-state index contributed by atoms with van der Waals surface area (Å²) in [5.41, 5.74) is 8.92. The van der Waals surface area contributed by atoms with Crippen LogP contribution in [-0.2, 0) is 27.5 Å². The van der Waals surface area contributed by atoms with Gasteiger partial charge in [0.1, 0.15) is 6.04 Å². The van der Waals surface area contributed by atoms with E-state index >= 15 is 0 Å². The SMILES string of the molecule is CN(C)C(=O)N(C)Cc1ccc(CNC(=O)[C@@H](CCCNC(=N)N)NC(=O)C(c2ccccc2)c2ccccc2)cc1.O=C(O)C(F)(F)F. The molecule has 12 nitrogen and oxygen atoms in total. The molecule has 3 rings (SSSR count). The third-order valence-corrected chi connectivity index (χ3v) is 7.01. The van der Waals surface area contributed by atoms with E-state index in [4.69, 9.17) is 21.0 Å². The van der Waals surface area contributed by atoms with Crippen molar-refractivity contribution in [2.45, 2.75) is 44.1 Å². The van der Waals surface area contributed by atoms with Crippen LogP contribution in [0, 0.1) is 5.41 Å². The molecule has 0 radical (unpaired) electrons. The van der Waals surface area contributed by atoms with Crippen LogP contribution in [0.3, 0.4) is 0 Å². The summed E-state index contributed by atoms with van der Waals surface area (Å²) in [6.45, 7) is 1.16. The fourth-order valence-corrected chi connectivity index (χ4v) is 4.60. The lowest BCUT2D eigenvalue weighted by atomic mass is 9.90. The highest BCUT2D eigenvalue weighted by Crippen LogP contribution is 2.25. The van der Waals surface area contributed by atoms with E-state index in [0.717, 1.165) is 22.3 Å². The molecule has 0 heterocycles. The molecule has 15 heteroatoms. The van der Waals surface area contributed by atoms with Crippen LogP contribution in [0.15, 0.2) is 84.9 Å². The Bertz CT molecular complexity index is 1480. The molecule has 264 valence electrons. The molecule has 0 aliphatic carbocycles. The summed E-state index contributed by atoms with van der Waals surface area (Å²) >= 11 is 0. The molecule has 3 aromatic carbocycles. The fourth-order valence-electron chi connectivity index (χ4n) is 4.60. The van der Waals surface area contributed by atoms with E-state index in [0.29, 0.717) is 25.9 Å². The Morgan fingerprint density at radius 2 is 1.31 bits per heavy atom. The minimum atomic E-state index is -5.08. The molecule has 0 unspecified atom stereocenters. The number of amides is 4. The lowest BCUT2D eigenvalue weighted by Crippen LogP contribution is -2.48. The van der Waals surface area contributed by atoms with E-state index in [-0.39, 0.29) is 30.3 Å². The number of rotatable bonds is 13. The molecule has 0 fully saturated rings. The summed E-state index contributed by atoms with van der Waals surface area (Å²) in [5, 5.41) is 23.2. The van der Waals surface area contributed by atoms with E-state index < -0.39 is 24.1 Å².